The lowest BCUT2D eigenvalue weighted by Crippen LogP contribution is -2.35. The summed E-state index contributed by atoms with van der Waals surface area (Å²) in [5, 5.41) is 39.9. The van der Waals surface area contributed by atoms with Crippen molar-refractivity contribution in [1.82, 2.24) is 105 Å². The van der Waals surface area contributed by atoms with E-state index in [9.17, 15) is 29.1 Å². The second kappa shape index (κ2) is 49.2. The summed E-state index contributed by atoms with van der Waals surface area (Å²) in [5.41, 5.74) is 12.8. The first kappa shape index (κ1) is 101. The topological polar surface area (TPSA) is 521 Å². The minimum absolute atomic E-state index is 0. The summed E-state index contributed by atoms with van der Waals surface area (Å²) in [6, 6.07) is 33.6. The van der Waals surface area contributed by atoms with Crippen LogP contribution in [-0.4, -0.2) is 198 Å². The Morgan fingerprint density at radius 2 is 0.802 bits per heavy atom. The number of pyridine rings is 7. The van der Waals surface area contributed by atoms with Crippen molar-refractivity contribution in [3.63, 3.8) is 0 Å². The Balaban J connectivity index is 0.000000291. The third-order valence-corrected chi connectivity index (χ3v) is 16.2. The molecule has 13 aromatic rings. The molecule has 0 saturated carbocycles. The van der Waals surface area contributed by atoms with Gasteiger partial charge in [0.2, 0.25) is 17.8 Å². The van der Waals surface area contributed by atoms with Crippen LogP contribution in [0.25, 0.3) is 34.6 Å². The van der Waals surface area contributed by atoms with Crippen molar-refractivity contribution in [1.29, 1.82) is 0 Å². The molecule has 2 atom stereocenters. The first-order chi connectivity index (χ1) is 57.9. The van der Waals surface area contributed by atoms with Gasteiger partial charge < -0.3 is 77.0 Å². The number of anilines is 13. The fourth-order valence-corrected chi connectivity index (χ4v) is 10.8. The molecule has 2 fully saturated rings. The molecule has 2 aliphatic rings. The highest BCUT2D eigenvalue weighted by Gasteiger charge is 2.29. The summed E-state index contributed by atoms with van der Waals surface area (Å²) in [7, 11) is 2.62. The number of rotatable bonds is 20. The molecule has 39 heteroatoms. The zero-order valence-corrected chi connectivity index (χ0v) is 66.0. The number of nitrogens with one attached hydrogen (secondary N) is 7. The van der Waals surface area contributed by atoms with Gasteiger partial charge in [-0.25, -0.2) is 83.8 Å². The fourth-order valence-electron chi connectivity index (χ4n) is 10.8. The number of ether oxygens (including phenoxy) is 4. The number of aryl methyl sites for hydroxylation is 3. The van der Waals surface area contributed by atoms with Crippen molar-refractivity contribution in [3.05, 3.63) is 241 Å². The van der Waals surface area contributed by atoms with E-state index in [0.29, 0.717) is 147 Å². The summed E-state index contributed by atoms with van der Waals surface area (Å²) in [6.45, 7) is 13.7. The molecule has 0 bridgehead atoms. The number of nitrogens with two attached hydrogens (primary N) is 1. The van der Waals surface area contributed by atoms with Crippen molar-refractivity contribution in [3.8, 4) is 34.6 Å². The molecule has 39 nitrogen and oxygen atoms in total. The standard InChI is InChI=1S/C24H23N9O2.C21H18N8O2.C20H16N8O2.C9H17NO3.C7H8N2O2.6CH4/c1-15-3-2-4-19(29-15)22-27-9-6-20(32-22)31-21-7-10-28-24(33-21)30-17-11-16(12-26-13-17)23(34)35-18-5-8-25-14-18;1-13-4-3-5-16(25-13)19-23-8-6-17(28-19)27-18-7-9-24-21(29-18)26-15-10-14(11-22-12-15)20(30)31-2;1-12-3-2-4-15(24-12)18-22-7-5-16(27-18)26-17-6-8-23-20(28-17)25-14-9-13(19(29)30)10-21-11-14;1-9(2,3)13-8(12)10-5-4-7(11)6-10;1-11-7(10)5-2-6(8)4-9-3-5;;;;;;/h2-4,6-7,9-13,18,25H,5,8,14H2,1H3,(H2,27,28,30,31,32,33);3-12H,1-2H3,(H2,23,24,26,27,28,29);2-11H,1H3,(H,29,30)(H2,22,23,25,26,27,28);7,11H,4-6H2,1-3H3;2-4H,8H2,1H3;6*1H4/t18-;;;7-;;;;;;;/m1..1......./s1. The van der Waals surface area contributed by atoms with Crippen LogP contribution >= 0.6 is 0 Å². The summed E-state index contributed by atoms with van der Waals surface area (Å²) >= 11 is 0. The molecule has 0 unspecified atom stereocenters. The molecular formula is C87H106N28O11. The van der Waals surface area contributed by atoms with Gasteiger partial charge in [-0.05, 0) is 158 Å². The lowest BCUT2D eigenvalue weighted by Gasteiger charge is -2.24. The van der Waals surface area contributed by atoms with Gasteiger partial charge >= 0.3 is 30.0 Å². The number of β-amino-alcohol motifs (C(OH)–C–C–N with tert-alkyl or cyclic N) is 1. The maximum absolute atomic E-state index is 12.4. The number of carboxylic acids is 1. The number of nitrogen functional groups attached to an aromatic ring is 1. The number of carbonyl (C=O) groups excluding carboxylic acids is 4. The third-order valence-electron chi connectivity index (χ3n) is 16.2. The molecule has 126 heavy (non-hydrogen) atoms. The summed E-state index contributed by atoms with van der Waals surface area (Å²) in [6.07, 6.45) is 22.0. The van der Waals surface area contributed by atoms with Gasteiger partial charge in [-0.2, -0.15) is 15.0 Å². The van der Waals surface area contributed by atoms with Crippen LogP contribution in [0.15, 0.2) is 202 Å². The number of hydrogen-bond acceptors (Lipinski definition) is 37. The van der Waals surface area contributed by atoms with E-state index in [1.165, 1.54) is 68.4 Å². The first-order valence-corrected chi connectivity index (χ1v) is 36.9. The second-order valence-electron chi connectivity index (χ2n) is 26.9. The molecule has 0 aliphatic carbocycles. The number of aliphatic hydroxyl groups excluding tert-OH is 1. The van der Waals surface area contributed by atoms with Crippen molar-refractivity contribution < 1.29 is 53.1 Å². The van der Waals surface area contributed by atoms with Crippen LogP contribution in [0.2, 0.25) is 0 Å². The number of esters is 3. The number of carboxylic acid groups (broad SMARTS) is 1. The largest absolute Gasteiger partial charge is 0.478 e. The van der Waals surface area contributed by atoms with Crippen LogP contribution in [0.1, 0.15) is 137 Å². The highest BCUT2D eigenvalue weighted by Crippen LogP contribution is 2.26. The van der Waals surface area contributed by atoms with Crippen LogP contribution < -0.4 is 43.0 Å². The van der Waals surface area contributed by atoms with Gasteiger partial charge in [-0.1, -0.05) is 62.8 Å². The Hall–Kier alpha value is -15.8. The molecular weight excluding hydrogens is 1610 g/mol. The Labute approximate surface area is 730 Å². The Bertz CT molecular complexity index is 5710. The summed E-state index contributed by atoms with van der Waals surface area (Å²) in [4.78, 5) is 140. The van der Waals surface area contributed by atoms with Crippen LogP contribution in [0.4, 0.5) is 80.3 Å². The van der Waals surface area contributed by atoms with Gasteiger partial charge in [-0.15, -0.1) is 0 Å². The van der Waals surface area contributed by atoms with E-state index in [1.807, 2.05) is 96.1 Å². The number of hydrogen-bond donors (Lipinski definition) is 10. The van der Waals surface area contributed by atoms with E-state index in [0.717, 1.165) is 30.0 Å². The number of aromatic nitrogens is 19. The lowest BCUT2D eigenvalue weighted by molar-refractivity contribution is 0.0268. The quantitative estimate of drug-likeness (QED) is 0.0250. The minimum Gasteiger partial charge on any atom is -0.478 e. The van der Waals surface area contributed by atoms with Crippen molar-refractivity contribution in [2.24, 2.45) is 0 Å². The van der Waals surface area contributed by atoms with E-state index >= 15 is 0 Å². The van der Waals surface area contributed by atoms with Crippen molar-refractivity contribution >= 4 is 105 Å². The molecule has 0 spiro atoms. The number of carbonyl (C=O) groups is 5. The predicted molar refractivity (Wildman–Crippen MR) is 482 cm³/mol. The SMILES string of the molecule is C.C.C.C.C.C.CC(C)(C)OC(=O)N1CC[C@@H](O)C1.COC(=O)c1cncc(N)c1.COC(=O)c1cncc(Nc2nccc(Nc3ccnc(-c4cccc(C)n4)n3)n2)c1.Cc1cccc(-c2nccc(Nc3ccnc(Nc4cncc(C(=O)O)c4)n3)n2)n1.Cc1cccc(-c2nccc(Nc3ccnc(Nc4cncc(C(=O)O[C@@H]5CCNC5)c4)n3)n2)n1. The van der Waals surface area contributed by atoms with E-state index in [-0.39, 0.29) is 74.4 Å². The smallest absolute Gasteiger partial charge is 0.410 e. The van der Waals surface area contributed by atoms with Crippen LogP contribution in [0, 0.1) is 20.8 Å². The minimum atomic E-state index is -1.06. The van der Waals surface area contributed by atoms with Gasteiger partial charge in [-0.3, -0.25) is 19.9 Å². The number of amides is 1. The normalized spacial score (nSPS) is 12.4. The molecule has 15 rings (SSSR count). The average molecular weight is 1720 g/mol. The summed E-state index contributed by atoms with van der Waals surface area (Å²) < 4.78 is 19.8. The number of likely N-dealkylation sites (tertiary alicyclic amines) is 1. The lowest BCUT2D eigenvalue weighted by atomic mass is 10.2. The fraction of sp³-hybridized carbons (Fsp3) is 0.264. The number of methoxy groups -OCH3 is 2. The maximum Gasteiger partial charge on any atom is 0.410 e. The van der Waals surface area contributed by atoms with Crippen LogP contribution in [-0.2, 0) is 18.9 Å². The molecule has 2 saturated heterocycles. The molecule has 0 radical (unpaired) electrons. The van der Waals surface area contributed by atoms with Crippen LogP contribution in [0.3, 0.4) is 0 Å². The van der Waals surface area contributed by atoms with Crippen molar-refractivity contribution in [2.45, 2.75) is 117 Å². The zero-order chi connectivity index (χ0) is 84.9. The maximum atomic E-state index is 12.4. The van der Waals surface area contributed by atoms with E-state index in [1.54, 1.807) is 98.1 Å². The van der Waals surface area contributed by atoms with Gasteiger partial charge in [0.25, 0.3) is 0 Å². The molecule has 0 aromatic carbocycles. The van der Waals surface area contributed by atoms with E-state index in [4.69, 9.17) is 25.1 Å². The number of aromatic carboxylic acids is 1. The Morgan fingerprint density at radius 1 is 0.444 bits per heavy atom. The second-order valence-corrected chi connectivity index (χ2v) is 26.9. The first-order valence-electron chi connectivity index (χ1n) is 36.9. The monoisotopic (exact) mass is 1720 g/mol. The number of nitrogens with zero attached hydrogens (tertiary/aromatic N) is 20. The zero-order valence-electron chi connectivity index (χ0n) is 66.0. The number of aliphatic hydroxyl groups is 1. The van der Waals surface area contributed by atoms with Crippen molar-refractivity contribution in [2.75, 3.05) is 78.0 Å². The van der Waals surface area contributed by atoms with Crippen LogP contribution in [0.5, 0.6) is 0 Å². The van der Waals surface area contributed by atoms with Gasteiger partial charge in [0.05, 0.1) is 83.9 Å². The molecule has 2 aliphatic heterocycles. The molecule has 13 aromatic heterocycles. The van der Waals surface area contributed by atoms with Gasteiger partial charge in [0, 0.05) is 105 Å². The van der Waals surface area contributed by atoms with Gasteiger partial charge in [0.1, 0.15) is 63.7 Å². The highest BCUT2D eigenvalue weighted by molar-refractivity contribution is 5.92. The van der Waals surface area contributed by atoms with E-state index < -0.39 is 29.5 Å². The molecule has 660 valence electrons. The predicted octanol–water partition coefficient (Wildman–Crippen LogP) is 14.8. The summed E-state index contributed by atoms with van der Waals surface area (Å²) in [5.74, 6) is 3.28. The third kappa shape index (κ3) is 31.3. The van der Waals surface area contributed by atoms with E-state index in [2.05, 4.69) is 137 Å². The highest BCUT2D eigenvalue weighted by atomic mass is 16.6. The average Bonchev–Trinajstić information content (AvgIpc) is 1.26. The Kier molecular flexibility index (Phi) is 39.3. The molecule has 11 N–H and O–H groups in total. The molecule has 1 amide bonds. The van der Waals surface area contributed by atoms with Gasteiger partial charge in [0.15, 0.2) is 17.5 Å². The molecule has 15 heterocycles. The Morgan fingerprint density at radius 3 is 1.14 bits per heavy atom.